The topological polar surface area (TPSA) is 42.4 Å². The zero-order valence-electron chi connectivity index (χ0n) is 15.3. The second-order valence-electron chi connectivity index (χ2n) is 6.66. The summed E-state index contributed by atoms with van der Waals surface area (Å²) in [6.07, 6.45) is 4.79. The molecule has 0 N–H and O–H groups in total. The lowest BCUT2D eigenvalue weighted by atomic mass is 9.92. The highest BCUT2D eigenvalue weighted by Crippen LogP contribution is 2.42. The summed E-state index contributed by atoms with van der Waals surface area (Å²) >= 11 is 6.06. The van der Waals surface area contributed by atoms with Gasteiger partial charge in [0.25, 0.3) is 5.91 Å². The molecule has 0 aliphatic carbocycles. The third-order valence-electron chi connectivity index (χ3n) is 4.81. The average molecular weight is 391 g/mol. The van der Waals surface area contributed by atoms with E-state index in [0.717, 1.165) is 16.7 Å². The van der Waals surface area contributed by atoms with Gasteiger partial charge in [0.15, 0.2) is 5.76 Å². The fourth-order valence-electron chi connectivity index (χ4n) is 3.41. The lowest BCUT2D eigenvalue weighted by Crippen LogP contribution is -2.42. The second-order valence-corrected chi connectivity index (χ2v) is 7.09. The van der Waals surface area contributed by atoms with Crippen molar-refractivity contribution < 1.29 is 9.53 Å². The van der Waals surface area contributed by atoms with E-state index < -0.39 is 0 Å². The Morgan fingerprint density at radius 1 is 1.00 bits per heavy atom. The Hall–Kier alpha value is -3.11. The van der Waals surface area contributed by atoms with Crippen molar-refractivity contribution in [2.75, 3.05) is 7.05 Å². The molecule has 0 saturated carbocycles. The van der Waals surface area contributed by atoms with Crippen LogP contribution in [0.4, 0.5) is 0 Å². The molecular formula is C23H19ClN2O2. The van der Waals surface area contributed by atoms with Crippen molar-refractivity contribution in [2.24, 2.45) is 0 Å². The quantitative estimate of drug-likeness (QED) is 0.588. The molecule has 2 heterocycles. The molecular weight excluding hydrogens is 372 g/mol. The molecule has 2 atom stereocenters. The van der Waals surface area contributed by atoms with Gasteiger partial charge in [-0.2, -0.15) is 0 Å². The first-order chi connectivity index (χ1) is 13.6. The summed E-state index contributed by atoms with van der Waals surface area (Å²) in [7, 11) is 1.80. The minimum absolute atomic E-state index is 0.170. The molecule has 28 heavy (non-hydrogen) atoms. The van der Waals surface area contributed by atoms with Crippen molar-refractivity contribution in [3.63, 3.8) is 0 Å². The maximum Gasteiger partial charge on any atom is 0.289 e. The molecule has 0 unspecified atom stereocenters. The molecule has 1 fully saturated rings. The molecule has 0 radical (unpaired) electrons. The Morgan fingerprint density at radius 2 is 1.75 bits per heavy atom. The molecule has 5 heteroatoms. The Kier molecular flexibility index (Phi) is 5.13. The zero-order valence-corrected chi connectivity index (χ0v) is 16.1. The normalized spacial score (nSPS) is 20.9. The van der Waals surface area contributed by atoms with Crippen LogP contribution in [-0.2, 0) is 9.53 Å². The molecule has 4 nitrogen and oxygen atoms in total. The highest BCUT2D eigenvalue weighted by atomic mass is 35.5. The van der Waals surface area contributed by atoms with E-state index in [1.54, 1.807) is 30.4 Å². The number of hydrogen-bond acceptors (Lipinski definition) is 3. The number of pyridine rings is 1. The Bertz CT molecular complexity index is 988. The molecule has 1 aliphatic rings. The highest BCUT2D eigenvalue weighted by Gasteiger charge is 2.40. The molecule has 1 saturated heterocycles. The van der Waals surface area contributed by atoms with Gasteiger partial charge < -0.3 is 9.64 Å². The van der Waals surface area contributed by atoms with Crippen LogP contribution in [0.2, 0.25) is 5.02 Å². The minimum Gasteiger partial charge on any atom is -0.477 e. The van der Waals surface area contributed by atoms with Crippen molar-refractivity contribution in [1.29, 1.82) is 0 Å². The molecule has 1 amide bonds. The number of morpholine rings is 1. The zero-order chi connectivity index (χ0) is 19.5. The Morgan fingerprint density at radius 3 is 2.43 bits per heavy atom. The number of rotatable bonds is 3. The SMILES string of the molecule is CN1C(=O)/C(=C/c2cccnc2)O[C@@H](c2ccccc2)[C@H]1c1ccc(Cl)cc1. The summed E-state index contributed by atoms with van der Waals surface area (Å²) in [5.74, 6) is 0.130. The number of carbonyl (C=O) groups is 1. The van der Waals surface area contributed by atoms with Crippen molar-refractivity contribution in [3.05, 3.63) is 107 Å². The molecule has 0 bridgehead atoms. The van der Waals surface area contributed by atoms with Crippen LogP contribution in [0.5, 0.6) is 0 Å². The maximum absolute atomic E-state index is 13.0. The van der Waals surface area contributed by atoms with E-state index in [1.165, 1.54) is 0 Å². The number of ether oxygens (including phenoxy) is 1. The van der Waals surface area contributed by atoms with Crippen molar-refractivity contribution in [2.45, 2.75) is 12.1 Å². The van der Waals surface area contributed by atoms with Crippen LogP contribution >= 0.6 is 11.6 Å². The van der Waals surface area contributed by atoms with Gasteiger partial charge in [0.2, 0.25) is 0 Å². The molecule has 3 aromatic rings. The van der Waals surface area contributed by atoms with Crippen molar-refractivity contribution in [3.8, 4) is 0 Å². The van der Waals surface area contributed by atoms with Gasteiger partial charge in [0.05, 0.1) is 6.04 Å². The summed E-state index contributed by atoms with van der Waals surface area (Å²) < 4.78 is 6.27. The summed E-state index contributed by atoms with van der Waals surface area (Å²) in [6, 6.07) is 20.9. The summed E-state index contributed by atoms with van der Waals surface area (Å²) in [5, 5.41) is 0.655. The van der Waals surface area contributed by atoms with Crippen LogP contribution < -0.4 is 0 Å². The number of hydrogen-bond donors (Lipinski definition) is 0. The van der Waals surface area contributed by atoms with Crippen LogP contribution in [0.15, 0.2) is 84.9 Å². The third-order valence-corrected chi connectivity index (χ3v) is 5.06. The highest BCUT2D eigenvalue weighted by molar-refractivity contribution is 6.30. The predicted octanol–water partition coefficient (Wildman–Crippen LogP) is 5.05. The van der Waals surface area contributed by atoms with E-state index in [4.69, 9.17) is 16.3 Å². The van der Waals surface area contributed by atoms with Gasteiger partial charge in [-0.05, 0) is 41.0 Å². The van der Waals surface area contributed by atoms with Gasteiger partial charge in [-0.1, -0.05) is 60.1 Å². The van der Waals surface area contributed by atoms with Crippen molar-refractivity contribution >= 4 is 23.6 Å². The smallest absolute Gasteiger partial charge is 0.289 e. The number of aromatic nitrogens is 1. The van der Waals surface area contributed by atoms with Gasteiger partial charge in [0, 0.05) is 24.5 Å². The van der Waals surface area contributed by atoms with Crippen LogP contribution in [-0.4, -0.2) is 22.8 Å². The molecule has 4 rings (SSSR count). The van der Waals surface area contributed by atoms with E-state index in [2.05, 4.69) is 4.98 Å². The molecule has 140 valence electrons. The number of likely N-dealkylation sites (N-methyl/N-ethyl adjacent to an activating group) is 1. The largest absolute Gasteiger partial charge is 0.477 e. The standard InChI is InChI=1S/C23H19ClN2O2/c1-26-21(17-9-11-19(24)12-10-17)22(18-7-3-2-4-8-18)28-20(23(26)27)14-16-6-5-13-25-15-16/h2-15,21-22H,1H3/b20-14-/t21-,22+/m1/s1. The summed E-state index contributed by atoms with van der Waals surface area (Å²) in [6.45, 7) is 0. The van der Waals surface area contributed by atoms with Crippen LogP contribution in [0.3, 0.4) is 0 Å². The van der Waals surface area contributed by atoms with E-state index in [0.29, 0.717) is 10.8 Å². The molecule has 1 aliphatic heterocycles. The van der Waals surface area contributed by atoms with Gasteiger partial charge in [0.1, 0.15) is 6.10 Å². The fourth-order valence-corrected chi connectivity index (χ4v) is 3.54. The van der Waals surface area contributed by atoms with Gasteiger partial charge in [-0.15, -0.1) is 0 Å². The van der Waals surface area contributed by atoms with Crippen LogP contribution in [0.25, 0.3) is 6.08 Å². The monoisotopic (exact) mass is 390 g/mol. The predicted molar refractivity (Wildman–Crippen MR) is 109 cm³/mol. The Labute approximate surface area is 169 Å². The van der Waals surface area contributed by atoms with E-state index in [1.807, 2.05) is 66.7 Å². The number of halogens is 1. The summed E-state index contributed by atoms with van der Waals surface area (Å²) in [4.78, 5) is 18.9. The van der Waals surface area contributed by atoms with Gasteiger partial charge in [-0.3, -0.25) is 9.78 Å². The first kappa shape index (κ1) is 18.3. The average Bonchev–Trinajstić information content (AvgIpc) is 2.74. The number of nitrogens with zero attached hydrogens (tertiary/aromatic N) is 2. The second kappa shape index (κ2) is 7.87. The van der Waals surface area contributed by atoms with Crippen LogP contribution in [0, 0.1) is 0 Å². The maximum atomic E-state index is 13.0. The van der Waals surface area contributed by atoms with E-state index >= 15 is 0 Å². The minimum atomic E-state index is -0.340. The van der Waals surface area contributed by atoms with Gasteiger partial charge in [-0.25, -0.2) is 0 Å². The lowest BCUT2D eigenvalue weighted by molar-refractivity contribution is -0.144. The third kappa shape index (κ3) is 3.64. The van der Waals surface area contributed by atoms with E-state index in [9.17, 15) is 4.79 Å². The van der Waals surface area contributed by atoms with Crippen LogP contribution in [0.1, 0.15) is 28.8 Å². The van der Waals surface area contributed by atoms with E-state index in [-0.39, 0.29) is 18.1 Å². The molecule has 1 aromatic heterocycles. The first-order valence-corrected chi connectivity index (χ1v) is 9.37. The molecule has 2 aromatic carbocycles. The number of amides is 1. The molecule has 0 spiro atoms. The van der Waals surface area contributed by atoms with Gasteiger partial charge >= 0.3 is 0 Å². The first-order valence-electron chi connectivity index (χ1n) is 8.99. The Balaban J connectivity index is 1.77. The fraction of sp³-hybridized carbons (Fsp3) is 0.130. The van der Waals surface area contributed by atoms with Crippen molar-refractivity contribution in [1.82, 2.24) is 9.88 Å². The lowest BCUT2D eigenvalue weighted by Gasteiger charge is -2.40. The number of benzene rings is 2. The summed E-state index contributed by atoms with van der Waals surface area (Å²) in [5.41, 5.74) is 2.78. The number of carbonyl (C=O) groups excluding carboxylic acids is 1.